The van der Waals surface area contributed by atoms with Gasteiger partial charge >= 0.3 is 10.5 Å². The molecule has 0 N–H and O–H groups in total. The zero-order chi connectivity index (χ0) is 5.98. The molecule has 42 valence electrons. The van der Waals surface area contributed by atoms with Crippen LogP contribution in [0.1, 0.15) is 0 Å². The third kappa shape index (κ3) is 0.997. The largest absolute Gasteiger partial charge is 0.488 e. The molecule has 0 aromatic heterocycles. The normalized spacial score (nSPS) is 15.8. The van der Waals surface area contributed by atoms with E-state index >= 15 is 0 Å². The minimum Gasteiger partial charge on any atom is -0.435 e. The molecule has 1 rings (SSSR count). The summed E-state index contributed by atoms with van der Waals surface area (Å²) < 4.78 is 9.53. The van der Waals surface area contributed by atoms with Gasteiger partial charge in [-0.05, 0) is 4.67 Å². The molecule has 1 heterocycles. The van der Waals surface area contributed by atoms with E-state index < -0.39 is 0 Å². The number of allylic oxidation sites excluding steroid dienone is 1. The number of hydrogen-bond donors (Lipinski definition) is 0. The Morgan fingerprint density at radius 3 is 2.62 bits per heavy atom. The van der Waals surface area contributed by atoms with Crippen molar-refractivity contribution in [3.05, 3.63) is 12.2 Å². The van der Waals surface area contributed by atoms with Gasteiger partial charge in [-0.2, -0.15) is 0 Å². The molecule has 2 nitrogen and oxygen atoms in total. The lowest BCUT2D eigenvalue weighted by molar-refractivity contribution is 0.407. The van der Waals surface area contributed by atoms with Crippen LogP contribution in [0.4, 0.5) is 0 Å². The standard InChI is InChI=1S/C5H5BrNO/c1-8-5-3-2-4(6)7-5/h2-3H,1H3/q+1. The molecule has 0 amide bonds. The first-order valence-corrected chi connectivity index (χ1v) is 2.95. The minimum absolute atomic E-state index is 0.650. The van der Waals surface area contributed by atoms with Gasteiger partial charge in [0, 0.05) is 22.0 Å². The highest BCUT2D eigenvalue weighted by atomic mass is 79.9. The van der Waals surface area contributed by atoms with E-state index in [1.54, 1.807) is 13.2 Å². The van der Waals surface area contributed by atoms with Crippen molar-refractivity contribution in [2.24, 2.45) is 0 Å². The van der Waals surface area contributed by atoms with Crippen LogP contribution in [0.25, 0.3) is 0 Å². The van der Waals surface area contributed by atoms with Crippen molar-refractivity contribution in [1.82, 2.24) is 4.67 Å². The number of halogens is 1. The first-order valence-electron chi connectivity index (χ1n) is 2.16. The maximum atomic E-state index is 4.79. The van der Waals surface area contributed by atoms with Crippen LogP contribution in [0.15, 0.2) is 12.2 Å². The summed E-state index contributed by atoms with van der Waals surface area (Å²) in [5.74, 6) is 0.650. The van der Waals surface area contributed by atoms with E-state index in [-0.39, 0.29) is 0 Å². The number of ether oxygens (including phenoxy) is 1. The molecule has 1 aliphatic heterocycles. The average molecular weight is 175 g/mol. The first kappa shape index (κ1) is 5.60. The summed E-state index contributed by atoms with van der Waals surface area (Å²) in [6.07, 6.45) is 3.63. The van der Waals surface area contributed by atoms with Crippen molar-refractivity contribution in [1.29, 1.82) is 0 Å². The lowest BCUT2D eigenvalue weighted by Gasteiger charge is -1.75. The Labute approximate surface area is 55.7 Å². The summed E-state index contributed by atoms with van der Waals surface area (Å²) in [5.41, 5.74) is 0. The van der Waals surface area contributed by atoms with Crippen molar-refractivity contribution in [2.75, 3.05) is 7.11 Å². The Bertz CT molecular complexity index is 189. The third-order valence-corrected chi connectivity index (χ3v) is 1.23. The van der Waals surface area contributed by atoms with Crippen LogP contribution in [0, 0.1) is 0 Å². The molecule has 0 aliphatic carbocycles. The second kappa shape index (κ2) is 2.16. The van der Waals surface area contributed by atoms with Gasteiger partial charge in [0.15, 0.2) is 0 Å². The highest BCUT2D eigenvalue weighted by molar-refractivity contribution is 9.18. The Morgan fingerprint density at radius 2 is 2.38 bits per heavy atom. The average Bonchev–Trinajstić information content (AvgIpc) is 2.14. The molecule has 0 spiro atoms. The molecular weight excluding hydrogens is 170 g/mol. The second-order valence-electron chi connectivity index (χ2n) is 1.31. The molecule has 0 saturated heterocycles. The first-order chi connectivity index (χ1) is 3.83. The molecule has 0 radical (unpaired) electrons. The van der Waals surface area contributed by atoms with E-state index in [4.69, 9.17) is 4.74 Å². The zero-order valence-electron chi connectivity index (χ0n) is 4.39. The minimum atomic E-state index is 0.650. The van der Waals surface area contributed by atoms with Gasteiger partial charge < -0.3 is 4.74 Å². The predicted molar refractivity (Wildman–Crippen MR) is 37.2 cm³/mol. The van der Waals surface area contributed by atoms with E-state index in [1.807, 2.05) is 6.08 Å². The molecule has 0 unspecified atom stereocenters. The summed E-state index contributed by atoms with van der Waals surface area (Å²) in [5, 5.41) is 0. The van der Waals surface area contributed by atoms with Crippen LogP contribution < -0.4 is 4.67 Å². The molecule has 8 heavy (non-hydrogen) atoms. The van der Waals surface area contributed by atoms with Crippen molar-refractivity contribution in [3.8, 4) is 0 Å². The van der Waals surface area contributed by atoms with E-state index in [1.165, 1.54) is 0 Å². The van der Waals surface area contributed by atoms with Crippen LogP contribution in [-0.2, 0) is 4.74 Å². The molecule has 1 aliphatic rings. The monoisotopic (exact) mass is 174 g/mol. The summed E-state index contributed by atoms with van der Waals surface area (Å²) >= 11 is 3.18. The van der Waals surface area contributed by atoms with Gasteiger partial charge in [-0.3, -0.25) is 0 Å². The quantitative estimate of drug-likeness (QED) is 0.490. The van der Waals surface area contributed by atoms with E-state index in [0.29, 0.717) is 5.90 Å². The molecule has 0 fully saturated rings. The highest BCUT2D eigenvalue weighted by Gasteiger charge is 2.13. The Kier molecular flexibility index (Phi) is 1.51. The molecule has 0 atom stereocenters. The van der Waals surface area contributed by atoms with Crippen molar-refractivity contribution >= 4 is 26.4 Å². The molecule has 0 saturated carbocycles. The van der Waals surface area contributed by atoms with Crippen LogP contribution in [-0.4, -0.2) is 17.6 Å². The maximum absolute atomic E-state index is 4.79. The van der Waals surface area contributed by atoms with Gasteiger partial charge in [-0.25, -0.2) is 0 Å². The van der Waals surface area contributed by atoms with E-state index in [9.17, 15) is 0 Å². The maximum Gasteiger partial charge on any atom is 0.488 e. The molecular formula is C5H5BrNO+. The fourth-order valence-electron chi connectivity index (χ4n) is 0.434. The summed E-state index contributed by atoms with van der Waals surface area (Å²) in [6, 6.07) is 0. The van der Waals surface area contributed by atoms with Gasteiger partial charge in [0.25, 0.3) is 0 Å². The van der Waals surface area contributed by atoms with Crippen molar-refractivity contribution < 1.29 is 4.74 Å². The molecule has 3 heteroatoms. The third-order valence-electron chi connectivity index (χ3n) is 0.790. The topological polar surface area (TPSA) is 23.3 Å². The second-order valence-corrected chi connectivity index (χ2v) is 2.12. The summed E-state index contributed by atoms with van der Waals surface area (Å²) in [7, 11) is 1.59. The van der Waals surface area contributed by atoms with E-state index in [2.05, 4.69) is 20.6 Å². The van der Waals surface area contributed by atoms with Crippen molar-refractivity contribution in [3.63, 3.8) is 0 Å². The lowest BCUT2D eigenvalue weighted by atomic mass is 10.6. The van der Waals surface area contributed by atoms with E-state index in [0.717, 1.165) is 4.62 Å². The van der Waals surface area contributed by atoms with Gasteiger partial charge in [0.05, 0.1) is 13.2 Å². The zero-order valence-corrected chi connectivity index (χ0v) is 5.97. The Balaban J connectivity index is 2.85. The lowest BCUT2D eigenvalue weighted by Crippen LogP contribution is -1.96. The summed E-state index contributed by atoms with van der Waals surface area (Å²) in [4.78, 5) is 0. The number of methoxy groups -OCH3 is 1. The number of nitrogens with zero attached hydrogens (tertiary/aromatic N) is 1. The van der Waals surface area contributed by atoms with Crippen LogP contribution in [0.5, 0.6) is 0 Å². The SMILES string of the molecule is COC1=[N+]=C(Br)C=C1. The smallest absolute Gasteiger partial charge is 0.435 e. The Hall–Kier alpha value is -0.530. The molecule has 0 aromatic rings. The molecule has 0 aromatic carbocycles. The highest BCUT2D eigenvalue weighted by Crippen LogP contribution is 1.92. The van der Waals surface area contributed by atoms with Gasteiger partial charge in [-0.1, -0.05) is 0 Å². The fourth-order valence-corrected chi connectivity index (χ4v) is 0.740. The van der Waals surface area contributed by atoms with Crippen molar-refractivity contribution in [2.45, 2.75) is 0 Å². The summed E-state index contributed by atoms with van der Waals surface area (Å²) in [6.45, 7) is 0. The number of rotatable bonds is 0. The van der Waals surface area contributed by atoms with Gasteiger partial charge in [0.1, 0.15) is 0 Å². The van der Waals surface area contributed by atoms with Gasteiger partial charge in [-0.15, -0.1) is 0 Å². The Morgan fingerprint density at radius 1 is 1.62 bits per heavy atom. The van der Waals surface area contributed by atoms with Crippen LogP contribution in [0.2, 0.25) is 0 Å². The predicted octanol–water partition coefficient (Wildman–Crippen LogP) is 0.462. The van der Waals surface area contributed by atoms with Crippen LogP contribution >= 0.6 is 15.9 Å². The number of hydrogen-bond acceptors (Lipinski definition) is 1. The fraction of sp³-hybridized carbons (Fsp3) is 0.200. The van der Waals surface area contributed by atoms with Gasteiger partial charge in [0.2, 0.25) is 0 Å². The van der Waals surface area contributed by atoms with Crippen LogP contribution in [0.3, 0.4) is 0 Å². The molecule has 0 bridgehead atoms.